The number of thiophene rings is 2. The maximum absolute atomic E-state index is 11.8. The first-order valence-corrected chi connectivity index (χ1v) is 7.80. The van der Waals surface area contributed by atoms with Crippen LogP contribution in [0.1, 0.15) is 9.67 Å². The Morgan fingerprint density at radius 3 is 2.85 bits per heavy atom. The van der Waals surface area contributed by atoms with E-state index in [9.17, 15) is 4.79 Å². The van der Waals surface area contributed by atoms with E-state index in [4.69, 9.17) is 11.6 Å². The van der Waals surface area contributed by atoms with Crippen molar-refractivity contribution in [1.82, 2.24) is 15.3 Å². The number of hydrogen-bond donors (Lipinski definition) is 2. The molecule has 20 heavy (non-hydrogen) atoms. The van der Waals surface area contributed by atoms with E-state index in [1.165, 1.54) is 22.7 Å². The first-order valence-electron chi connectivity index (χ1n) is 5.66. The Morgan fingerprint density at radius 2 is 2.05 bits per heavy atom. The molecular weight excluding hydrogens is 316 g/mol. The lowest BCUT2D eigenvalue weighted by Gasteiger charge is -2.07. The number of fused-ring (bicyclic) bond motifs is 1. The van der Waals surface area contributed by atoms with Gasteiger partial charge in [0.15, 0.2) is 5.82 Å². The van der Waals surface area contributed by atoms with Gasteiger partial charge in [-0.25, -0.2) is 4.98 Å². The first-order chi connectivity index (χ1) is 9.69. The number of nitrogens with one attached hydrogen (secondary N) is 2. The van der Waals surface area contributed by atoms with Crippen LogP contribution in [0.3, 0.4) is 0 Å². The second kappa shape index (κ2) is 5.35. The van der Waals surface area contributed by atoms with E-state index in [2.05, 4.69) is 20.6 Å². The van der Waals surface area contributed by atoms with E-state index in [1.54, 1.807) is 7.05 Å². The summed E-state index contributed by atoms with van der Waals surface area (Å²) in [6, 6.07) is 3.72. The monoisotopic (exact) mass is 324 g/mol. The van der Waals surface area contributed by atoms with Crippen LogP contribution in [0.15, 0.2) is 22.9 Å². The molecule has 0 aliphatic rings. The topological polar surface area (TPSA) is 66.9 Å². The van der Waals surface area contributed by atoms with Crippen molar-refractivity contribution in [2.24, 2.45) is 0 Å². The zero-order valence-electron chi connectivity index (χ0n) is 10.3. The average molecular weight is 325 g/mol. The lowest BCUT2D eigenvalue weighted by molar-refractivity contribution is 0.0968. The highest BCUT2D eigenvalue weighted by Gasteiger charge is 2.14. The van der Waals surface area contributed by atoms with Crippen LogP contribution < -0.4 is 10.6 Å². The minimum absolute atomic E-state index is 0.134. The third-order valence-corrected chi connectivity index (χ3v) is 4.62. The number of amides is 1. The number of carbonyl (C=O) groups excluding carboxylic acids is 1. The van der Waals surface area contributed by atoms with Gasteiger partial charge in [-0.15, -0.1) is 22.7 Å². The maximum Gasteiger partial charge on any atom is 0.263 e. The number of hydrogen-bond acceptors (Lipinski definition) is 6. The van der Waals surface area contributed by atoms with Crippen LogP contribution in [0.25, 0.3) is 10.2 Å². The molecule has 0 bridgehead atoms. The summed E-state index contributed by atoms with van der Waals surface area (Å²) in [7, 11) is 1.60. The van der Waals surface area contributed by atoms with E-state index in [0.717, 1.165) is 10.2 Å². The van der Waals surface area contributed by atoms with Crippen LogP contribution in [0.2, 0.25) is 5.28 Å². The van der Waals surface area contributed by atoms with Crippen LogP contribution in [-0.2, 0) is 0 Å². The highest BCUT2D eigenvalue weighted by Crippen LogP contribution is 2.32. The molecule has 0 spiro atoms. The molecule has 3 aromatic rings. The quantitative estimate of drug-likeness (QED) is 0.723. The number of rotatable bonds is 3. The largest absolute Gasteiger partial charge is 0.354 e. The summed E-state index contributed by atoms with van der Waals surface area (Å²) in [6.07, 6.45) is 0. The van der Waals surface area contributed by atoms with Gasteiger partial charge in [0.2, 0.25) is 5.28 Å². The molecule has 2 N–H and O–H groups in total. The molecule has 0 fully saturated rings. The minimum Gasteiger partial charge on any atom is -0.354 e. The van der Waals surface area contributed by atoms with Gasteiger partial charge in [-0.3, -0.25) is 4.79 Å². The lowest BCUT2D eigenvalue weighted by Crippen LogP contribution is -2.17. The highest BCUT2D eigenvalue weighted by atomic mass is 35.5. The van der Waals surface area contributed by atoms with Gasteiger partial charge in [0, 0.05) is 7.05 Å². The number of anilines is 2. The van der Waals surface area contributed by atoms with Gasteiger partial charge in [-0.2, -0.15) is 4.98 Å². The summed E-state index contributed by atoms with van der Waals surface area (Å²) in [5, 5.41) is 9.72. The van der Waals surface area contributed by atoms with Gasteiger partial charge in [-0.1, -0.05) is 0 Å². The van der Waals surface area contributed by atoms with Crippen LogP contribution in [0.5, 0.6) is 0 Å². The third-order valence-electron chi connectivity index (χ3n) is 2.63. The molecule has 3 heterocycles. The smallest absolute Gasteiger partial charge is 0.263 e. The summed E-state index contributed by atoms with van der Waals surface area (Å²) in [4.78, 5) is 20.7. The molecule has 0 aromatic carbocycles. The van der Waals surface area contributed by atoms with Gasteiger partial charge in [-0.05, 0) is 34.5 Å². The molecule has 102 valence electrons. The second-order valence-corrected chi connectivity index (χ2v) is 6.01. The van der Waals surface area contributed by atoms with Crippen molar-refractivity contribution in [3.63, 3.8) is 0 Å². The van der Waals surface area contributed by atoms with Crippen molar-refractivity contribution >= 4 is 61.9 Å². The molecule has 0 saturated heterocycles. The maximum atomic E-state index is 11.8. The molecule has 0 atom stereocenters. The van der Waals surface area contributed by atoms with Gasteiger partial charge < -0.3 is 10.6 Å². The fraction of sp³-hybridized carbons (Fsp3) is 0.0833. The second-order valence-electron chi connectivity index (χ2n) is 3.84. The van der Waals surface area contributed by atoms with Gasteiger partial charge in [0.25, 0.3) is 5.91 Å². The Balaban J connectivity index is 2.03. The average Bonchev–Trinajstić information content (AvgIpc) is 3.06. The van der Waals surface area contributed by atoms with Gasteiger partial charge >= 0.3 is 0 Å². The normalized spacial score (nSPS) is 10.7. The molecule has 0 aliphatic carbocycles. The number of aromatic nitrogens is 2. The van der Waals surface area contributed by atoms with E-state index in [1.807, 2.05) is 22.9 Å². The predicted octanol–water partition coefficient (Wildman–Crippen LogP) is 3.51. The zero-order chi connectivity index (χ0) is 14.1. The molecule has 3 aromatic heterocycles. The SMILES string of the molecule is CNC(=O)c1sccc1Nc1nc(Cl)nc2ccsc12. The van der Waals surface area contributed by atoms with Crippen LogP contribution in [-0.4, -0.2) is 22.9 Å². The molecule has 5 nitrogen and oxygen atoms in total. The Bertz CT molecular complexity index is 783. The van der Waals surface area contributed by atoms with Gasteiger partial charge in [0.05, 0.1) is 15.9 Å². The molecule has 3 rings (SSSR count). The van der Waals surface area contributed by atoms with Crippen LogP contribution >= 0.6 is 34.3 Å². The summed E-state index contributed by atoms with van der Waals surface area (Å²) in [5.41, 5.74) is 1.49. The fourth-order valence-corrected chi connectivity index (χ4v) is 3.49. The highest BCUT2D eigenvalue weighted by molar-refractivity contribution is 7.17. The fourth-order valence-electron chi connectivity index (χ4n) is 1.74. The van der Waals surface area contributed by atoms with Crippen molar-refractivity contribution in [1.29, 1.82) is 0 Å². The van der Waals surface area contributed by atoms with Crippen LogP contribution in [0.4, 0.5) is 11.5 Å². The minimum atomic E-state index is -0.134. The van der Waals surface area contributed by atoms with Crippen LogP contribution in [0, 0.1) is 0 Å². The molecular formula is C12H9ClN4OS2. The lowest BCUT2D eigenvalue weighted by atomic mass is 10.3. The van der Waals surface area contributed by atoms with E-state index >= 15 is 0 Å². The van der Waals surface area contributed by atoms with Crippen molar-refractivity contribution in [3.8, 4) is 0 Å². The molecule has 0 saturated carbocycles. The van der Waals surface area contributed by atoms with E-state index < -0.39 is 0 Å². The van der Waals surface area contributed by atoms with Crippen molar-refractivity contribution < 1.29 is 4.79 Å². The Labute approximate surface area is 127 Å². The number of carbonyl (C=O) groups is 1. The van der Waals surface area contributed by atoms with Gasteiger partial charge in [0.1, 0.15) is 4.88 Å². The Kier molecular flexibility index (Phi) is 3.56. The number of halogens is 1. The summed E-state index contributed by atoms with van der Waals surface area (Å²) in [5.74, 6) is 0.476. The van der Waals surface area contributed by atoms with E-state index in [0.29, 0.717) is 16.4 Å². The number of nitrogens with zero attached hydrogens (tertiary/aromatic N) is 2. The molecule has 0 aliphatic heterocycles. The zero-order valence-corrected chi connectivity index (χ0v) is 12.7. The summed E-state index contributed by atoms with van der Waals surface area (Å²) >= 11 is 8.80. The van der Waals surface area contributed by atoms with E-state index in [-0.39, 0.29) is 11.2 Å². The predicted molar refractivity (Wildman–Crippen MR) is 83.4 cm³/mol. The molecule has 0 unspecified atom stereocenters. The van der Waals surface area contributed by atoms with Crippen molar-refractivity contribution in [2.75, 3.05) is 12.4 Å². The molecule has 0 radical (unpaired) electrons. The third kappa shape index (κ3) is 2.35. The molecule has 8 heteroatoms. The summed E-state index contributed by atoms with van der Waals surface area (Å²) < 4.78 is 0.906. The Morgan fingerprint density at radius 1 is 1.25 bits per heavy atom. The summed E-state index contributed by atoms with van der Waals surface area (Å²) in [6.45, 7) is 0. The standard InChI is InChI=1S/C12H9ClN4OS2/c1-14-11(18)9-7(3-5-20-9)15-10-8-6(2-4-19-8)16-12(13)17-10/h2-5H,1H3,(H,14,18)(H,15,16,17). The molecule has 1 amide bonds. The van der Waals surface area contributed by atoms with Crippen molar-refractivity contribution in [3.05, 3.63) is 33.1 Å². The van der Waals surface area contributed by atoms with Crippen molar-refractivity contribution in [2.45, 2.75) is 0 Å². The Hall–Kier alpha value is -1.70. The first kappa shape index (κ1) is 13.3.